The lowest BCUT2D eigenvalue weighted by Crippen LogP contribution is -2.55. The first-order chi connectivity index (χ1) is 19.4. The van der Waals surface area contributed by atoms with Crippen LogP contribution in [0.4, 0.5) is 4.79 Å². The summed E-state index contributed by atoms with van der Waals surface area (Å²) < 4.78 is 17.0. The number of hydrogen-bond acceptors (Lipinski definition) is 7. The van der Waals surface area contributed by atoms with Crippen LogP contribution in [-0.4, -0.2) is 59.5 Å². The highest BCUT2D eigenvalue weighted by Gasteiger charge is 2.60. The molecule has 0 unspecified atom stereocenters. The maximum Gasteiger partial charge on any atom is 0.411 e. The number of rotatable bonds is 9. The standard InChI is InChI=1S/C32H43N3O6/c1-18(2)41-30(38)35-26(22-9-8-12-33-28(22)40-7)25(24(31(3,4)5)27(35)29(36)37)34-17-20-13-21(10-11-23(20)39-6)32-14-19(15-32)16-32/h8-13,18-19,24-27,34H,14-17H2,1-7H3,(H,36,37)/t19?,24-,25-,26-,27-,32?/m0/s1. The minimum atomic E-state index is -1.14. The van der Waals surface area contributed by atoms with Gasteiger partial charge in [0.05, 0.1) is 26.4 Å². The Balaban J connectivity index is 1.59. The average Bonchev–Trinajstić information content (AvgIpc) is 3.21. The van der Waals surface area contributed by atoms with Crippen LogP contribution in [0.25, 0.3) is 0 Å². The zero-order chi connectivity index (χ0) is 29.7. The molecule has 222 valence electrons. The van der Waals surface area contributed by atoms with Gasteiger partial charge in [-0.05, 0) is 73.6 Å². The summed E-state index contributed by atoms with van der Waals surface area (Å²) >= 11 is 0. The number of ether oxygens (including phenoxy) is 3. The number of benzene rings is 1. The van der Waals surface area contributed by atoms with Gasteiger partial charge < -0.3 is 24.6 Å². The van der Waals surface area contributed by atoms with Crippen LogP contribution in [0, 0.1) is 17.3 Å². The lowest BCUT2D eigenvalue weighted by atomic mass is 9.42. The molecule has 4 atom stereocenters. The molecule has 4 aliphatic rings. The van der Waals surface area contributed by atoms with Gasteiger partial charge in [0.15, 0.2) is 0 Å². The fourth-order valence-electron chi connectivity index (χ4n) is 7.37. The van der Waals surface area contributed by atoms with Crippen molar-refractivity contribution in [3.05, 3.63) is 53.2 Å². The number of amides is 1. The van der Waals surface area contributed by atoms with Gasteiger partial charge in [-0.15, -0.1) is 0 Å². The maximum absolute atomic E-state index is 13.7. The van der Waals surface area contributed by atoms with E-state index in [1.165, 1.54) is 36.8 Å². The third-order valence-electron chi connectivity index (χ3n) is 9.24. The van der Waals surface area contributed by atoms with Gasteiger partial charge in [-0.25, -0.2) is 14.6 Å². The number of carboxylic acid groups (broad SMARTS) is 1. The zero-order valence-corrected chi connectivity index (χ0v) is 25.1. The van der Waals surface area contributed by atoms with E-state index in [0.717, 1.165) is 17.2 Å². The van der Waals surface area contributed by atoms with E-state index >= 15 is 0 Å². The van der Waals surface area contributed by atoms with Crippen LogP contribution in [-0.2, 0) is 21.5 Å². The van der Waals surface area contributed by atoms with E-state index in [2.05, 4.69) is 22.4 Å². The number of aromatic nitrogens is 1. The fraction of sp³-hybridized carbons (Fsp3) is 0.594. The van der Waals surface area contributed by atoms with E-state index in [9.17, 15) is 14.7 Å². The van der Waals surface area contributed by atoms with Gasteiger partial charge >= 0.3 is 12.1 Å². The summed E-state index contributed by atoms with van der Waals surface area (Å²) in [5, 5.41) is 14.3. The highest BCUT2D eigenvalue weighted by Crippen LogP contribution is 2.65. The summed E-state index contributed by atoms with van der Waals surface area (Å²) in [5.41, 5.74) is 2.78. The minimum absolute atomic E-state index is 0.296. The van der Waals surface area contributed by atoms with Crippen LogP contribution in [0.2, 0.25) is 0 Å². The second-order valence-electron chi connectivity index (χ2n) is 13.3. The molecule has 6 rings (SSSR count). The van der Waals surface area contributed by atoms with E-state index in [0.29, 0.717) is 23.4 Å². The third kappa shape index (κ3) is 5.13. The van der Waals surface area contributed by atoms with Gasteiger partial charge in [-0.3, -0.25) is 4.90 Å². The highest BCUT2D eigenvalue weighted by molar-refractivity contribution is 5.82. The van der Waals surface area contributed by atoms with E-state index in [1.807, 2.05) is 32.9 Å². The highest BCUT2D eigenvalue weighted by atomic mass is 16.6. The smallest absolute Gasteiger partial charge is 0.411 e. The minimum Gasteiger partial charge on any atom is -0.496 e. The van der Waals surface area contributed by atoms with E-state index < -0.39 is 47.6 Å². The second-order valence-corrected chi connectivity index (χ2v) is 13.3. The van der Waals surface area contributed by atoms with E-state index in [-0.39, 0.29) is 0 Å². The number of hydrogen-bond donors (Lipinski definition) is 2. The average molecular weight is 566 g/mol. The summed E-state index contributed by atoms with van der Waals surface area (Å²) in [5.74, 6) is 0.435. The molecule has 2 aromatic rings. The largest absolute Gasteiger partial charge is 0.496 e. The summed E-state index contributed by atoms with van der Waals surface area (Å²) in [6, 6.07) is 7.77. The van der Waals surface area contributed by atoms with Crippen LogP contribution in [0.1, 0.15) is 76.6 Å². The Morgan fingerprint density at radius 1 is 1.15 bits per heavy atom. The molecule has 41 heavy (non-hydrogen) atoms. The quantitative estimate of drug-likeness (QED) is 0.420. The number of carbonyl (C=O) groups is 2. The first-order valence-electron chi connectivity index (χ1n) is 14.5. The van der Waals surface area contributed by atoms with Crippen LogP contribution in [0.3, 0.4) is 0 Å². The van der Waals surface area contributed by atoms with Crippen molar-refractivity contribution < 1.29 is 28.9 Å². The molecule has 1 aromatic heterocycles. The molecule has 2 bridgehead atoms. The van der Waals surface area contributed by atoms with Gasteiger partial charge in [0.25, 0.3) is 0 Å². The molecule has 9 nitrogen and oxygen atoms in total. The Kier molecular flexibility index (Phi) is 7.70. The molecule has 4 fully saturated rings. The van der Waals surface area contributed by atoms with Crippen molar-refractivity contribution in [2.24, 2.45) is 17.3 Å². The summed E-state index contributed by atoms with van der Waals surface area (Å²) in [7, 11) is 3.19. The molecule has 2 N–H and O–H groups in total. The van der Waals surface area contributed by atoms with Gasteiger partial charge in [-0.1, -0.05) is 32.9 Å². The molecule has 1 amide bonds. The molecule has 0 spiro atoms. The Hall–Kier alpha value is -3.33. The van der Waals surface area contributed by atoms with Crippen LogP contribution in [0.15, 0.2) is 36.5 Å². The molecule has 2 heterocycles. The maximum atomic E-state index is 13.7. The monoisotopic (exact) mass is 565 g/mol. The molecule has 1 aromatic carbocycles. The molecule has 3 aliphatic carbocycles. The number of likely N-dealkylation sites (tertiary alicyclic amines) is 1. The molecular formula is C32H43N3O6. The van der Waals surface area contributed by atoms with Crippen molar-refractivity contribution in [2.75, 3.05) is 14.2 Å². The number of carbonyl (C=O) groups excluding carboxylic acids is 1. The van der Waals surface area contributed by atoms with Crippen LogP contribution >= 0.6 is 0 Å². The van der Waals surface area contributed by atoms with Gasteiger partial charge in [-0.2, -0.15) is 0 Å². The number of carboxylic acids is 1. The van der Waals surface area contributed by atoms with Crippen LogP contribution < -0.4 is 14.8 Å². The van der Waals surface area contributed by atoms with E-state index in [4.69, 9.17) is 14.2 Å². The second kappa shape index (κ2) is 10.8. The Bertz CT molecular complexity index is 1290. The normalized spacial score (nSPS) is 28.6. The van der Waals surface area contributed by atoms with Crippen molar-refractivity contribution in [2.45, 2.75) is 90.1 Å². The van der Waals surface area contributed by atoms with Crippen molar-refractivity contribution in [3.8, 4) is 11.6 Å². The zero-order valence-electron chi connectivity index (χ0n) is 25.1. The molecule has 3 saturated carbocycles. The summed E-state index contributed by atoms with van der Waals surface area (Å²) in [4.78, 5) is 32.4. The van der Waals surface area contributed by atoms with E-state index in [1.54, 1.807) is 33.2 Å². The number of pyridine rings is 1. The van der Waals surface area contributed by atoms with Crippen molar-refractivity contribution in [1.29, 1.82) is 0 Å². The van der Waals surface area contributed by atoms with Gasteiger partial charge in [0.1, 0.15) is 11.8 Å². The molecule has 0 radical (unpaired) electrons. The Morgan fingerprint density at radius 3 is 2.39 bits per heavy atom. The summed E-state index contributed by atoms with van der Waals surface area (Å²) in [6.45, 7) is 9.99. The van der Waals surface area contributed by atoms with Crippen molar-refractivity contribution in [1.82, 2.24) is 15.2 Å². The first kappa shape index (κ1) is 29.2. The number of nitrogens with zero attached hydrogens (tertiary/aromatic N) is 2. The van der Waals surface area contributed by atoms with Crippen molar-refractivity contribution >= 4 is 12.1 Å². The molecule has 9 heteroatoms. The van der Waals surface area contributed by atoms with Gasteiger partial charge in [0, 0.05) is 35.8 Å². The molecular weight excluding hydrogens is 522 g/mol. The Labute approximate surface area is 242 Å². The lowest BCUT2D eigenvalue weighted by molar-refractivity contribution is -0.144. The number of nitrogens with one attached hydrogen (secondary N) is 1. The Morgan fingerprint density at radius 2 is 1.85 bits per heavy atom. The number of aliphatic carboxylic acids is 1. The van der Waals surface area contributed by atoms with Crippen molar-refractivity contribution in [3.63, 3.8) is 0 Å². The van der Waals surface area contributed by atoms with Crippen LogP contribution in [0.5, 0.6) is 11.6 Å². The topological polar surface area (TPSA) is 110 Å². The fourth-order valence-corrected chi connectivity index (χ4v) is 7.37. The predicted octanol–water partition coefficient (Wildman–Crippen LogP) is 5.33. The summed E-state index contributed by atoms with van der Waals surface area (Å²) in [6.07, 6.45) is 4.26. The SMILES string of the molecule is COc1ccc(C23CC(C2)C3)cc1CN[C@H]1[C@H](C(C)(C)C)[C@@H](C(=O)O)N(C(=O)OC(C)C)[C@H]1c1cccnc1OC. The predicted molar refractivity (Wildman–Crippen MR) is 154 cm³/mol. The first-order valence-corrected chi connectivity index (χ1v) is 14.5. The van der Waals surface area contributed by atoms with Gasteiger partial charge in [0.2, 0.25) is 5.88 Å². The molecule has 1 saturated heterocycles. The lowest BCUT2D eigenvalue weighted by Gasteiger charge is -2.62. The molecule has 1 aliphatic heterocycles. The number of methoxy groups -OCH3 is 2. The third-order valence-corrected chi connectivity index (χ3v) is 9.24.